The van der Waals surface area contributed by atoms with E-state index in [-0.39, 0.29) is 0 Å². The Morgan fingerprint density at radius 3 is 2.08 bits per heavy atom. The average molecular weight is 249 g/mol. The van der Waals surface area contributed by atoms with Gasteiger partial charge in [0.25, 0.3) is 0 Å². The van der Waals surface area contributed by atoms with Gasteiger partial charge in [-0.2, -0.15) is 0 Å². The van der Waals surface area contributed by atoms with Crippen LogP contribution in [0.25, 0.3) is 0 Å². The largest absolute Gasteiger partial charge is 0.524 e. The molecule has 0 spiro atoms. The van der Waals surface area contributed by atoms with Gasteiger partial charge in [-0.05, 0) is 18.4 Å². The molecule has 0 aliphatic heterocycles. The van der Waals surface area contributed by atoms with Crippen LogP contribution < -0.4 is 0 Å². The maximum atomic E-state index is 10.3. The molecule has 0 aromatic carbocycles. The molecule has 0 amide bonds. The van der Waals surface area contributed by atoms with Gasteiger partial charge < -0.3 is 4.52 Å². The van der Waals surface area contributed by atoms with E-state index in [1.54, 1.807) is 0 Å². The van der Waals surface area contributed by atoms with Gasteiger partial charge in [0.2, 0.25) is 0 Å². The molecule has 78 valence electrons. The van der Waals surface area contributed by atoms with Crippen LogP contribution in [0.4, 0.5) is 0 Å². The van der Waals surface area contributed by atoms with E-state index in [1.807, 2.05) is 0 Å². The number of allylic oxidation sites excluding steroid dienone is 1. The summed E-state index contributed by atoms with van der Waals surface area (Å²) in [6.45, 7) is 0. The van der Waals surface area contributed by atoms with E-state index in [0.29, 0.717) is 30.2 Å². The third-order valence-electron chi connectivity index (χ3n) is 1.19. The Bertz CT molecular complexity index is 205. The van der Waals surface area contributed by atoms with Crippen LogP contribution in [0.2, 0.25) is 0 Å². The minimum atomic E-state index is -4.43. The maximum absolute atomic E-state index is 10.3. The Morgan fingerprint density at radius 2 is 1.77 bits per heavy atom. The maximum Gasteiger partial charge on any atom is 0.524 e. The summed E-state index contributed by atoms with van der Waals surface area (Å²) in [5.74, 6) is 0.737. The van der Waals surface area contributed by atoms with Crippen molar-refractivity contribution in [3.8, 4) is 0 Å². The standard InChI is InChI=1S/C6H11Cl2O4P/c7-3-1-6(2-4-8)5-12-13(9,10)11/h5H,1-4H2,(H2,9,10,11). The molecule has 0 aliphatic rings. The van der Waals surface area contributed by atoms with Gasteiger partial charge in [0.1, 0.15) is 0 Å². The second kappa shape index (κ2) is 6.68. The predicted molar refractivity (Wildman–Crippen MR) is 51.9 cm³/mol. The van der Waals surface area contributed by atoms with Crippen LogP contribution in [-0.2, 0) is 9.09 Å². The minimum Gasteiger partial charge on any atom is -0.412 e. The molecule has 0 fully saturated rings. The van der Waals surface area contributed by atoms with Gasteiger partial charge in [-0.3, -0.25) is 9.79 Å². The lowest BCUT2D eigenvalue weighted by Gasteiger charge is -2.05. The van der Waals surface area contributed by atoms with Crippen molar-refractivity contribution in [2.24, 2.45) is 0 Å². The van der Waals surface area contributed by atoms with Gasteiger partial charge in [-0.1, -0.05) is 0 Å². The molecular weight excluding hydrogens is 238 g/mol. The smallest absolute Gasteiger partial charge is 0.412 e. The van der Waals surface area contributed by atoms with Crippen molar-refractivity contribution in [1.82, 2.24) is 0 Å². The van der Waals surface area contributed by atoms with Crippen molar-refractivity contribution < 1.29 is 18.9 Å². The topological polar surface area (TPSA) is 66.8 Å². The van der Waals surface area contributed by atoms with E-state index >= 15 is 0 Å². The summed E-state index contributed by atoms with van der Waals surface area (Å²) in [5.41, 5.74) is 0.688. The van der Waals surface area contributed by atoms with Crippen LogP contribution >= 0.6 is 31.0 Å². The first-order valence-corrected chi connectivity index (χ1v) is 6.13. The van der Waals surface area contributed by atoms with Gasteiger partial charge in [-0.15, -0.1) is 23.2 Å². The molecule has 2 N–H and O–H groups in total. The molecule has 0 bridgehead atoms. The second-order valence-corrected chi connectivity index (χ2v) is 4.20. The molecule has 0 saturated heterocycles. The van der Waals surface area contributed by atoms with Crippen molar-refractivity contribution in [1.29, 1.82) is 0 Å². The summed E-state index contributed by atoms with van der Waals surface area (Å²) in [4.78, 5) is 16.8. The van der Waals surface area contributed by atoms with E-state index in [4.69, 9.17) is 33.0 Å². The Kier molecular flexibility index (Phi) is 6.82. The molecule has 13 heavy (non-hydrogen) atoms. The lowest BCUT2D eigenvalue weighted by atomic mass is 10.2. The number of phosphoric acid groups is 1. The molecule has 0 heterocycles. The zero-order chi connectivity index (χ0) is 10.3. The first-order chi connectivity index (χ1) is 5.99. The van der Waals surface area contributed by atoms with Crippen LogP contribution in [0.3, 0.4) is 0 Å². The molecule has 0 saturated carbocycles. The quantitative estimate of drug-likeness (QED) is 0.430. The molecule has 4 nitrogen and oxygen atoms in total. The minimum absolute atomic E-state index is 0.368. The Balaban J connectivity index is 4.10. The highest BCUT2D eigenvalue weighted by atomic mass is 35.5. The molecular formula is C6H11Cl2O4P. The zero-order valence-electron chi connectivity index (χ0n) is 6.82. The van der Waals surface area contributed by atoms with Gasteiger partial charge >= 0.3 is 7.82 Å². The van der Waals surface area contributed by atoms with Crippen molar-refractivity contribution in [3.63, 3.8) is 0 Å². The van der Waals surface area contributed by atoms with Gasteiger partial charge in [0, 0.05) is 11.8 Å². The molecule has 0 radical (unpaired) electrons. The Labute approximate surface area is 86.7 Å². The first-order valence-electron chi connectivity index (χ1n) is 3.53. The third kappa shape index (κ3) is 8.60. The summed E-state index contributed by atoms with van der Waals surface area (Å²) in [6, 6.07) is 0. The zero-order valence-corrected chi connectivity index (χ0v) is 9.23. The molecule has 0 aromatic heterocycles. The molecule has 7 heteroatoms. The van der Waals surface area contributed by atoms with Gasteiger partial charge in [0.05, 0.1) is 6.26 Å². The SMILES string of the molecule is O=P(O)(O)OC=C(CCCl)CCCl. The molecule has 0 rings (SSSR count). The van der Waals surface area contributed by atoms with Crippen LogP contribution in [0, 0.1) is 0 Å². The molecule has 0 aromatic rings. The molecule has 0 unspecified atom stereocenters. The fourth-order valence-electron chi connectivity index (χ4n) is 0.629. The highest BCUT2D eigenvalue weighted by Crippen LogP contribution is 2.36. The van der Waals surface area contributed by atoms with Crippen LogP contribution in [0.15, 0.2) is 11.8 Å². The monoisotopic (exact) mass is 248 g/mol. The lowest BCUT2D eigenvalue weighted by Crippen LogP contribution is -1.89. The Morgan fingerprint density at radius 1 is 1.31 bits per heavy atom. The fourth-order valence-corrected chi connectivity index (χ4v) is 1.40. The van der Waals surface area contributed by atoms with Gasteiger partial charge in [-0.25, -0.2) is 4.57 Å². The van der Waals surface area contributed by atoms with Crippen molar-refractivity contribution in [2.75, 3.05) is 11.8 Å². The lowest BCUT2D eigenvalue weighted by molar-refractivity contribution is 0.257. The summed E-state index contributed by atoms with van der Waals surface area (Å²) in [6.07, 6.45) is 2.05. The summed E-state index contributed by atoms with van der Waals surface area (Å²) < 4.78 is 14.5. The fraction of sp³-hybridized carbons (Fsp3) is 0.667. The van der Waals surface area contributed by atoms with Crippen molar-refractivity contribution >= 4 is 31.0 Å². The summed E-state index contributed by atoms with van der Waals surface area (Å²) in [5, 5.41) is 0. The van der Waals surface area contributed by atoms with Crippen molar-refractivity contribution in [3.05, 3.63) is 11.8 Å². The molecule has 0 atom stereocenters. The van der Waals surface area contributed by atoms with Crippen LogP contribution in [0.5, 0.6) is 0 Å². The van der Waals surface area contributed by atoms with Crippen molar-refractivity contribution in [2.45, 2.75) is 12.8 Å². The number of phosphoric ester groups is 1. The number of rotatable bonds is 6. The average Bonchev–Trinajstić information content (AvgIpc) is 2.00. The number of alkyl halides is 2. The Hall–Kier alpha value is 0.270. The number of hydrogen-bond donors (Lipinski definition) is 2. The van der Waals surface area contributed by atoms with E-state index in [1.165, 1.54) is 0 Å². The predicted octanol–water partition coefficient (Wildman–Crippen LogP) is 2.24. The molecule has 0 aliphatic carbocycles. The number of hydrogen-bond acceptors (Lipinski definition) is 2. The van der Waals surface area contributed by atoms with E-state index < -0.39 is 7.82 Å². The van der Waals surface area contributed by atoms with E-state index in [0.717, 1.165) is 6.26 Å². The second-order valence-electron chi connectivity index (χ2n) is 2.25. The van der Waals surface area contributed by atoms with E-state index in [2.05, 4.69) is 4.52 Å². The van der Waals surface area contributed by atoms with Crippen LogP contribution in [-0.4, -0.2) is 21.5 Å². The first kappa shape index (κ1) is 13.3. The highest BCUT2D eigenvalue weighted by molar-refractivity contribution is 7.46. The van der Waals surface area contributed by atoms with Crippen LogP contribution in [0.1, 0.15) is 12.8 Å². The van der Waals surface area contributed by atoms with Gasteiger partial charge in [0.15, 0.2) is 0 Å². The third-order valence-corrected chi connectivity index (χ3v) is 1.95. The number of halogens is 2. The van der Waals surface area contributed by atoms with E-state index in [9.17, 15) is 4.57 Å². The summed E-state index contributed by atoms with van der Waals surface area (Å²) >= 11 is 10.9. The highest BCUT2D eigenvalue weighted by Gasteiger charge is 2.12. The summed E-state index contributed by atoms with van der Waals surface area (Å²) in [7, 11) is -4.43. The normalized spacial score (nSPS) is 11.1.